The summed E-state index contributed by atoms with van der Waals surface area (Å²) in [6.07, 6.45) is 8.26. The largest absolute Gasteiger partial charge is 0.340 e. The molecule has 0 unspecified atom stereocenters. The number of rotatable bonds is 4. The average molecular weight is 382 g/mol. The summed E-state index contributed by atoms with van der Waals surface area (Å²) in [4.78, 5) is 15.1. The third-order valence-electron chi connectivity index (χ3n) is 7.66. The van der Waals surface area contributed by atoms with Crippen LogP contribution in [-0.4, -0.2) is 44.4 Å². The van der Waals surface area contributed by atoms with E-state index in [1.165, 1.54) is 38.5 Å². The van der Waals surface area contributed by atoms with Crippen LogP contribution in [-0.2, 0) is 7.05 Å². The molecule has 28 heavy (non-hydrogen) atoms. The van der Waals surface area contributed by atoms with Crippen molar-refractivity contribution in [2.45, 2.75) is 52.4 Å². The molecule has 0 spiro atoms. The smallest absolute Gasteiger partial charge is 0.271 e. The number of hydrogen-bond acceptors (Lipinski definition) is 3. The van der Waals surface area contributed by atoms with Crippen LogP contribution in [0.5, 0.6) is 0 Å². The number of nitrogens with zero attached hydrogens (tertiary/aromatic N) is 4. The van der Waals surface area contributed by atoms with Crippen molar-refractivity contribution in [1.29, 1.82) is 0 Å². The Kier molecular flexibility index (Phi) is 3.97. The van der Waals surface area contributed by atoms with Crippen LogP contribution < -0.4 is 0 Å². The summed E-state index contributed by atoms with van der Waals surface area (Å²) in [5.41, 5.74) is 4.75. The molecule has 6 nitrogen and oxygen atoms in total. The summed E-state index contributed by atoms with van der Waals surface area (Å²) >= 11 is 0. The molecule has 4 aliphatic rings. The Morgan fingerprint density at radius 3 is 2.36 bits per heavy atom. The zero-order chi connectivity index (χ0) is 19.6. The van der Waals surface area contributed by atoms with Crippen molar-refractivity contribution in [1.82, 2.24) is 24.9 Å². The third-order valence-corrected chi connectivity index (χ3v) is 7.66. The first-order chi connectivity index (χ1) is 13.3. The molecule has 2 aromatic heterocycles. The van der Waals surface area contributed by atoms with Crippen LogP contribution in [0, 0.1) is 37.0 Å². The summed E-state index contributed by atoms with van der Waals surface area (Å²) in [6, 6.07) is 1.88. The first-order valence-corrected chi connectivity index (χ1v) is 10.6. The van der Waals surface area contributed by atoms with Gasteiger partial charge >= 0.3 is 0 Å². The van der Waals surface area contributed by atoms with Gasteiger partial charge in [-0.15, -0.1) is 0 Å². The van der Waals surface area contributed by atoms with E-state index < -0.39 is 0 Å². The van der Waals surface area contributed by atoms with Crippen molar-refractivity contribution in [2.75, 3.05) is 13.6 Å². The molecule has 0 saturated heterocycles. The molecule has 2 heterocycles. The van der Waals surface area contributed by atoms with Crippen molar-refractivity contribution in [3.05, 3.63) is 23.1 Å². The molecule has 4 bridgehead atoms. The number of hydrogen-bond donors (Lipinski definition) is 1. The van der Waals surface area contributed by atoms with Gasteiger partial charge in [0.05, 0.1) is 11.4 Å². The van der Waals surface area contributed by atoms with Crippen molar-refractivity contribution in [2.24, 2.45) is 30.2 Å². The second-order valence-electron chi connectivity index (χ2n) is 9.92. The van der Waals surface area contributed by atoms with E-state index in [9.17, 15) is 4.79 Å². The molecular formula is C22H31N5O. The van der Waals surface area contributed by atoms with Crippen molar-refractivity contribution in [3.8, 4) is 11.3 Å². The highest BCUT2D eigenvalue weighted by Gasteiger charge is 2.51. The van der Waals surface area contributed by atoms with Gasteiger partial charge in [-0.2, -0.15) is 10.2 Å². The Bertz CT molecular complexity index is 888. The molecule has 1 amide bonds. The minimum absolute atomic E-state index is 0.0497. The van der Waals surface area contributed by atoms with Crippen LogP contribution in [0.15, 0.2) is 6.07 Å². The van der Waals surface area contributed by atoms with E-state index in [4.69, 9.17) is 0 Å². The lowest BCUT2D eigenvalue weighted by atomic mass is 9.49. The number of H-pyrrole nitrogens is 1. The fourth-order valence-corrected chi connectivity index (χ4v) is 6.97. The standard InChI is InChI=1S/C22H31N5O/c1-13-20(14(2)27(4)25-13)18-8-19(24-23-18)21(28)26(3)12-22-9-15-5-16(10-22)7-17(6-15)11-22/h8,15-17H,5-7,9-12H2,1-4H3,(H,23,24). The van der Waals surface area contributed by atoms with Crippen molar-refractivity contribution < 1.29 is 4.79 Å². The lowest BCUT2D eigenvalue weighted by Crippen LogP contribution is -2.51. The zero-order valence-corrected chi connectivity index (χ0v) is 17.5. The Morgan fingerprint density at radius 2 is 1.82 bits per heavy atom. The van der Waals surface area contributed by atoms with Gasteiger partial charge in [0.15, 0.2) is 0 Å². The molecule has 4 fully saturated rings. The monoisotopic (exact) mass is 381 g/mol. The highest BCUT2D eigenvalue weighted by Crippen LogP contribution is 2.60. The first kappa shape index (κ1) is 18.0. The number of amides is 1. The summed E-state index contributed by atoms with van der Waals surface area (Å²) < 4.78 is 1.86. The highest BCUT2D eigenvalue weighted by atomic mass is 16.2. The molecule has 0 aliphatic heterocycles. The third kappa shape index (κ3) is 2.80. The summed E-state index contributed by atoms with van der Waals surface area (Å²) in [5, 5.41) is 11.9. The van der Waals surface area contributed by atoms with Crippen LogP contribution in [0.3, 0.4) is 0 Å². The van der Waals surface area contributed by atoms with Crippen molar-refractivity contribution in [3.63, 3.8) is 0 Å². The second-order valence-corrected chi connectivity index (χ2v) is 9.92. The maximum absolute atomic E-state index is 13.1. The summed E-state index contributed by atoms with van der Waals surface area (Å²) in [6.45, 7) is 4.90. The van der Waals surface area contributed by atoms with Crippen LogP contribution >= 0.6 is 0 Å². The molecular weight excluding hydrogens is 350 g/mol. The lowest BCUT2D eigenvalue weighted by molar-refractivity contribution is -0.0629. The Balaban J connectivity index is 1.34. The topological polar surface area (TPSA) is 66.8 Å². The number of aryl methyl sites for hydroxylation is 2. The van der Waals surface area contributed by atoms with E-state index in [0.717, 1.165) is 46.9 Å². The number of carbonyl (C=O) groups excluding carboxylic acids is 1. The van der Waals surface area contributed by atoms with E-state index in [0.29, 0.717) is 11.1 Å². The number of aromatic amines is 1. The van der Waals surface area contributed by atoms with Gasteiger partial charge in [0.25, 0.3) is 5.91 Å². The maximum Gasteiger partial charge on any atom is 0.271 e. The van der Waals surface area contributed by atoms with Gasteiger partial charge < -0.3 is 4.90 Å². The van der Waals surface area contributed by atoms with Crippen LogP contribution in [0.1, 0.15) is 60.4 Å². The zero-order valence-electron chi connectivity index (χ0n) is 17.5. The number of aromatic nitrogens is 4. The van der Waals surface area contributed by atoms with Crippen LogP contribution in [0.25, 0.3) is 11.3 Å². The van der Waals surface area contributed by atoms with E-state index in [1.54, 1.807) is 0 Å². The molecule has 2 aromatic rings. The molecule has 0 aromatic carbocycles. The number of carbonyl (C=O) groups is 1. The molecule has 6 rings (SSSR count). The fourth-order valence-electron chi connectivity index (χ4n) is 6.97. The normalized spacial score (nSPS) is 30.8. The molecule has 6 heteroatoms. The van der Waals surface area contributed by atoms with Gasteiger partial charge in [0, 0.05) is 31.9 Å². The molecule has 4 aliphatic carbocycles. The number of nitrogens with one attached hydrogen (secondary N) is 1. The maximum atomic E-state index is 13.1. The van der Waals surface area contributed by atoms with E-state index in [-0.39, 0.29) is 5.91 Å². The van der Waals surface area contributed by atoms with E-state index >= 15 is 0 Å². The average Bonchev–Trinajstić information content (AvgIpc) is 3.17. The van der Waals surface area contributed by atoms with E-state index in [1.807, 2.05) is 43.6 Å². The molecule has 150 valence electrons. The lowest BCUT2D eigenvalue weighted by Gasteiger charge is -2.57. The quantitative estimate of drug-likeness (QED) is 0.878. The van der Waals surface area contributed by atoms with Gasteiger partial charge in [-0.1, -0.05) is 0 Å². The Labute approximate surface area is 166 Å². The molecule has 4 saturated carbocycles. The predicted molar refractivity (Wildman–Crippen MR) is 108 cm³/mol. The highest BCUT2D eigenvalue weighted by molar-refractivity contribution is 5.93. The van der Waals surface area contributed by atoms with Crippen LogP contribution in [0.2, 0.25) is 0 Å². The Morgan fingerprint density at radius 1 is 1.21 bits per heavy atom. The fraction of sp³-hybridized carbons (Fsp3) is 0.682. The van der Waals surface area contributed by atoms with Gasteiger partial charge in [0.1, 0.15) is 5.69 Å². The summed E-state index contributed by atoms with van der Waals surface area (Å²) in [5.74, 6) is 2.77. The SMILES string of the molecule is Cc1nn(C)c(C)c1-c1cc(C(=O)N(C)CC23CC4CC(CC(C4)C2)C3)[nH]n1. The molecule has 0 atom stereocenters. The van der Waals surface area contributed by atoms with Crippen LogP contribution in [0.4, 0.5) is 0 Å². The van der Waals surface area contributed by atoms with Gasteiger partial charge in [-0.05, 0) is 81.6 Å². The van der Waals surface area contributed by atoms with E-state index in [2.05, 4.69) is 15.3 Å². The van der Waals surface area contributed by atoms with Gasteiger partial charge in [0.2, 0.25) is 0 Å². The molecule has 1 N–H and O–H groups in total. The second kappa shape index (κ2) is 6.19. The predicted octanol–water partition coefficient (Wildman–Crippen LogP) is 3.72. The summed E-state index contributed by atoms with van der Waals surface area (Å²) in [7, 11) is 3.89. The van der Waals surface area contributed by atoms with Crippen molar-refractivity contribution >= 4 is 5.91 Å². The molecule has 0 radical (unpaired) electrons. The first-order valence-electron chi connectivity index (χ1n) is 10.6. The minimum atomic E-state index is 0.0497. The minimum Gasteiger partial charge on any atom is -0.340 e. The van der Waals surface area contributed by atoms with Gasteiger partial charge in [-0.3, -0.25) is 14.6 Å². The van der Waals surface area contributed by atoms with Gasteiger partial charge in [-0.25, -0.2) is 0 Å². The Hall–Kier alpha value is -2.11.